The van der Waals surface area contributed by atoms with E-state index in [1.54, 1.807) is 6.92 Å². The first kappa shape index (κ1) is 13.6. The maximum atomic E-state index is 12.3. The molecule has 2 N–H and O–H groups in total. The zero-order valence-electron chi connectivity index (χ0n) is 11.5. The minimum absolute atomic E-state index is 0.0516. The second-order valence-corrected chi connectivity index (χ2v) is 4.93. The number of aliphatic hydroxyl groups excluding tert-OH is 1. The van der Waals surface area contributed by atoms with E-state index in [1.165, 1.54) is 0 Å². The van der Waals surface area contributed by atoms with Crippen LogP contribution in [0.5, 0.6) is 5.75 Å². The molecule has 1 aromatic carbocycles. The van der Waals surface area contributed by atoms with Gasteiger partial charge in [-0.05, 0) is 6.07 Å². The Labute approximate surface area is 120 Å². The Morgan fingerprint density at radius 2 is 2.29 bits per heavy atom. The van der Waals surface area contributed by atoms with E-state index in [1.807, 2.05) is 24.3 Å². The van der Waals surface area contributed by atoms with Crippen LogP contribution in [0.1, 0.15) is 28.5 Å². The van der Waals surface area contributed by atoms with Crippen LogP contribution in [0.3, 0.4) is 0 Å². The van der Waals surface area contributed by atoms with E-state index in [0.717, 1.165) is 5.56 Å². The molecule has 1 aliphatic heterocycles. The van der Waals surface area contributed by atoms with Crippen LogP contribution in [0.2, 0.25) is 0 Å². The molecule has 2 heterocycles. The maximum Gasteiger partial charge on any atom is 0.293 e. The summed E-state index contributed by atoms with van der Waals surface area (Å²) in [7, 11) is 0. The molecule has 21 heavy (non-hydrogen) atoms. The molecule has 110 valence electrons. The molecule has 2 aromatic rings. The van der Waals surface area contributed by atoms with Gasteiger partial charge in [-0.2, -0.15) is 4.98 Å². The number of hydrogen-bond donors (Lipinski definition) is 2. The van der Waals surface area contributed by atoms with E-state index in [-0.39, 0.29) is 12.4 Å². The molecule has 0 radical (unpaired) electrons. The summed E-state index contributed by atoms with van der Waals surface area (Å²) in [5, 5.41) is 16.3. The Morgan fingerprint density at radius 1 is 1.48 bits per heavy atom. The van der Waals surface area contributed by atoms with E-state index in [4.69, 9.17) is 9.26 Å². The molecule has 1 unspecified atom stereocenters. The van der Waals surface area contributed by atoms with Crippen LogP contribution in [-0.4, -0.2) is 34.4 Å². The van der Waals surface area contributed by atoms with Gasteiger partial charge in [-0.1, -0.05) is 23.4 Å². The first-order valence-electron chi connectivity index (χ1n) is 6.61. The number of ether oxygens (including phenoxy) is 1. The summed E-state index contributed by atoms with van der Waals surface area (Å²) < 4.78 is 10.4. The number of nitrogens with one attached hydrogen (secondary N) is 1. The fourth-order valence-corrected chi connectivity index (χ4v) is 2.46. The van der Waals surface area contributed by atoms with Gasteiger partial charge in [-0.3, -0.25) is 4.79 Å². The molecule has 1 aliphatic rings. The molecule has 1 aromatic heterocycles. The monoisotopic (exact) mass is 289 g/mol. The van der Waals surface area contributed by atoms with E-state index in [0.29, 0.717) is 24.7 Å². The minimum Gasteiger partial charge on any atom is -0.493 e. The Kier molecular flexibility index (Phi) is 3.34. The molecule has 0 saturated heterocycles. The van der Waals surface area contributed by atoms with Gasteiger partial charge < -0.3 is 19.7 Å². The first-order chi connectivity index (χ1) is 10.1. The third-order valence-electron chi connectivity index (χ3n) is 3.54. The lowest BCUT2D eigenvalue weighted by Gasteiger charge is -2.37. The molecule has 0 fully saturated rings. The van der Waals surface area contributed by atoms with Gasteiger partial charge in [0.2, 0.25) is 5.89 Å². The molecule has 0 bridgehead atoms. The Bertz CT molecular complexity index is 670. The van der Waals surface area contributed by atoms with Gasteiger partial charge in [0.05, 0.1) is 18.8 Å². The van der Waals surface area contributed by atoms with Crippen molar-refractivity contribution in [3.05, 3.63) is 41.5 Å². The predicted octanol–water partition coefficient (Wildman–Crippen LogP) is 0.778. The van der Waals surface area contributed by atoms with Crippen molar-refractivity contribution in [3.8, 4) is 5.75 Å². The quantitative estimate of drug-likeness (QED) is 0.866. The summed E-state index contributed by atoms with van der Waals surface area (Å²) in [4.78, 5) is 16.1. The SMILES string of the molecule is Cc1nc(C(=O)NC2(CO)CCOc3ccccc32)no1. The Balaban J connectivity index is 1.93. The molecule has 0 saturated carbocycles. The van der Waals surface area contributed by atoms with Gasteiger partial charge in [0.15, 0.2) is 0 Å². The smallest absolute Gasteiger partial charge is 0.293 e. The lowest BCUT2D eigenvalue weighted by atomic mass is 9.85. The van der Waals surface area contributed by atoms with Crippen molar-refractivity contribution in [3.63, 3.8) is 0 Å². The van der Waals surface area contributed by atoms with Gasteiger partial charge in [-0.25, -0.2) is 0 Å². The first-order valence-corrected chi connectivity index (χ1v) is 6.61. The largest absolute Gasteiger partial charge is 0.493 e. The third-order valence-corrected chi connectivity index (χ3v) is 3.54. The van der Waals surface area contributed by atoms with Crippen LogP contribution in [0.25, 0.3) is 0 Å². The third kappa shape index (κ3) is 2.36. The van der Waals surface area contributed by atoms with Crippen LogP contribution < -0.4 is 10.1 Å². The van der Waals surface area contributed by atoms with E-state index in [2.05, 4.69) is 15.5 Å². The number of fused-ring (bicyclic) bond motifs is 1. The summed E-state index contributed by atoms with van der Waals surface area (Å²) in [6.45, 7) is 1.77. The fourth-order valence-electron chi connectivity index (χ4n) is 2.46. The van der Waals surface area contributed by atoms with Crippen molar-refractivity contribution < 1.29 is 19.2 Å². The number of carbonyl (C=O) groups is 1. The van der Waals surface area contributed by atoms with Crippen LogP contribution in [-0.2, 0) is 5.54 Å². The van der Waals surface area contributed by atoms with Crippen molar-refractivity contribution in [2.75, 3.05) is 13.2 Å². The molecular weight excluding hydrogens is 274 g/mol. The molecule has 1 amide bonds. The molecule has 1 atom stereocenters. The number of nitrogens with zero attached hydrogens (tertiary/aromatic N) is 2. The number of hydrogen-bond acceptors (Lipinski definition) is 6. The van der Waals surface area contributed by atoms with Gasteiger partial charge in [0, 0.05) is 18.9 Å². The number of aryl methyl sites for hydroxylation is 1. The number of benzene rings is 1. The summed E-state index contributed by atoms with van der Waals surface area (Å²) in [5.74, 6) is 0.426. The average molecular weight is 289 g/mol. The second kappa shape index (κ2) is 5.17. The summed E-state index contributed by atoms with van der Waals surface area (Å²) in [5.41, 5.74) is -0.159. The molecule has 7 nitrogen and oxygen atoms in total. The number of aliphatic hydroxyl groups is 1. The molecule has 7 heteroatoms. The zero-order valence-corrected chi connectivity index (χ0v) is 11.5. The number of rotatable bonds is 3. The number of para-hydroxylation sites is 1. The maximum absolute atomic E-state index is 12.3. The predicted molar refractivity (Wildman–Crippen MR) is 71.8 cm³/mol. The number of aromatic nitrogens is 2. The van der Waals surface area contributed by atoms with Crippen molar-refractivity contribution in [1.82, 2.24) is 15.5 Å². The second-order valence-electron chi connectivity index (χ2n) is 4.93. The van der Waals surface area contributed by atoms with Crippen molar-refractivity contribution in [2.45, 2.75) is 18.9 Å². The standard InChI is InChI=1S/C14H15N3O4/c1-9-15-12(17-21-9)13(19)16-14(8-18)6-7-20-11-5-3-2-4-10(11)14/h2-5,18H,6-8H2,1H3,(H,16,19). The number of amides is 1. The fraction of sp³-hybridized carbons (Fsp3) is 0.357. The highest BCUT2D eigenvalue weighted by atomic mass is 16.5. The van der Waals surface area contributed by atoms with Crippen molar-refractivity contribution in [2.24, 2.45) is 0 Å². The topological polar surface area (TPSA) is 97.5 Å². The van der Waals surface area contributed by atoms with E-state index < -0.39 is 11.4 Å². The normalized spacial score (nSPS) is 20.5. The lowest BCUT2D eigenvalue weighted by Crippen LogP contribution is -2.51. The zero-order chi connectivity index (χ0) is 14.9. The van der Waals surface area contributed by atoms with Gasteiger partial charge in [-0.15, -0.1) is 0 Å². The Hall–Kier alpha value is -2.41. The highest BCUT2D eigenvalue weighted by molar-refractivity contribution is 5.91. The van der Waals surface area contributed by atoms with Gasteiger partial charge >= 0.3 is 0 Å². The average Bonchev–Trinajstić information content (AvgIpc) is 2.94. The Morgan fingerprint density at radius 3 is 3.00 bits per heavy atom. The van der Waals surface area contributed by atoms with Gasteiger partial charge in [0.25, 0.3) is 11.7 Å². The van der Waals surface area contributed by atoms with Crippen molar-refractivity contribution in [1.29, 1.82) is 0 Å². The molecule has 0 spiro atoms. The highest BCUT2D eigenvalue weighted by Gasteiger charge is 2.39. The van der Waals surface area contributed by atoms with Crippen molar-refractivity contribution >= 4 is 5.91 Å². The summed E-state index contributed by atoms with van der Waals surface area (Å²) >= 11 is 0. The van der Waals surface area contributed by atoms with Gasteiger partial charge in [0.1, 0.15) is 5.75 Å². The summed E-state index contributed by atoms with van der Waals surface area (Å²) in [6.07, 6.45) is 0.461. The lowest BCUT2D eigenvalue weighted by molar-refractivity contribution is 0.0717. The molecular formula is C14H15N3O4. The van der Waals surface area contributed by atoms with E-state index in [9.17, 15) is 9.90 Å². The van der Waals surface area contributed by atoms with Crippen LogP contribution in [0.4, 0.5) is 0 Å². The van der Waals surface area contributed by atoms with Crippen LogP contribution in [0.15, 0.2) is 28.8 Å². The van der Waals surface area contributed by atoms with E-state index >= 15 is 0 Å². The van der Waals surface area contributed by atoms with Crippen LogP contribution >= 0.6 is 0 Å². The van der Waals surface area contributed by atoms with Crippen LogP contribution in [0, 0.1) is 6.92 Å². The highest BCUT2D eigenvalue weighted by Crippen LogP contribution is 2.36. The number of carbonyl (C=O) groups excluding carboxylic acids is 1. The summed E-state index contributed by atoms with van der Waals surface area (Å²) in [6, 6.07) is 7.31. The molecule has 3 rings (SSSR count). The minimum atomic E-state index is -0.902. The molecule has 0 aliphatic carbocycles.